The molecule has 0 radical (unpaired) electrons. The van der Waals surface area contributed by atoms with Crippen LogP contribution in [0.4, 0.5) is 14.5 Å². The van der Waals surface area contributed by atoms with Crippen molar-refractivity contribution in [3.05, 3.63) is 58.4 Å². The normalized spacial score (nSPS) is 24.4. The van der Waals surface area contributed by atoms with E-state index < -0.39 is 29.3 Å². The van der Waals surface area contributed by atoms with Gasteiger partial charge in [0.1, 0.15) is 5.82 Å². The van der Waals surface area contributed by atoms with Crippen molar-refractivity contribution in [1.82, 2.24) is 4.98 Å². The predicted molar refractivity (Wildman–Crippen MR) is 84.4 cm³/mol. The average molecular weight is 365 g/mol. The van der Waals surface area contributed by atoms with Crippen molar-refractivity contribution in [2.24, 2.45) is 11.8 Å². The number of carboxylic acids is 1. The molecule has 8 heteroatoms. The molecule has 25 heavy (non-hydrogen) atoms. The van der Waals surface area contributed by atoms with Crippen LogP contribution in [0.2, 0.25) is 5.02 Å². The summed E-state index contributed by atoms with van der Waals surface area (Å²) in [5.74, 6) is -3.60. The fourth-order valence-corrected chi connectivity index (χ4v) is 3.72. The minimum Gasteiger partial charge on any atom is -0.476 e. The number of fused-ring (bicyclic) bond motifs is 1. The first kappa shape index (κ1) is 16.0. The highest BCUT2D eigenvalue weighted by molar-refractivity contribution is 6.31. The maximum absolute atomic E-state index is 14.0. The smallest absolute Gasteiger partial charge is 0.357 e. The lowest BCUT2D eigenvalue weighted by molar-refractivity contribution is -0.118. The second kappa shape index (κ2) is 5.49. The van der Waals surface area contributed by atoms with Gasteiger partial charge in [-0.25, -0.2) is 18.6 Å². The largest absolute Gasteiger partial charge is 0.476 e. The van der Waals surface area contributed by atoms with Gasteiger partial charge >= 0.3 is 5.97 Å². The first-order valence-electron chi connectivity index (χ1n) is 7.56. The van der Waals surface area contributed by atoms with E-state index in [1.807, 2.05) is 0 Å². The van der Waals surface area contributed by atoms with Gasteiger partial charge in [-0.2, -0.15) is 0 Å². The molecule has 1 saturated carbocycles. The van der Waals surface area contributed by atoms with E-state index in [1.165, 1.54) is 17.0 Å². The molecule has 2 aliphatic rings. The lowest BCUT2D eigenvalue weighted by atomic mass is 10.0. The van der Waals surface area contributed by atoms with Gasteiger partial charge in [0.2, 0.25) is 5.91 Å². The van der Waals surface area contributed by atoms with Gasteiger partial charge in [-0.1, -0.05) is 23.7 Å². The van der Waals surface area contributed by atoms with Gasteiger partial charge in [-0.3, -0.25) is 4.79 Å². The quantitative estimate of drug-likeness (QED) is 0.905. The van der Waals surface area contributed by atoms with Crippen LogP contribution in [-0.2, 0) is 4.79 Å². The van der Waals surface area contributed by atoms with Gasteiger partial charge in [-0.05, 0) is 24.0 Å². The molecule has 1 aromatic heterocycles. The topological polar surface area (TPSA) is 70.5 Å². The number of aromatic nitrogens is 1. The Hall–Kier alpha value is -2.54. The number of amides is 1. The van der Waals surface area contributed by atoms with Crippen molar-refractivity contribution in [3.8, 4) is 0 Å². The molecular weight excluding hydrogens is 354 g/mol. The second-order valence-corrected chi connectivity index (χ2v) is 6.51. The fourth-order valence-electron chi connectivity index (χ4n) is 3.48. The van der Waals surface area contributed by atoms with Crippen LogP contribution in [-0.4, -0.2) is 22.0 Å². The van der Waals surface area contributed by atoms with E-state index in [0.29, 0.717) is 12.0 Å². The number of benzene rings is 1. The van der Waals surface area contributed by atoms with E-state index in [1.54, 1.807) is 6.07 Å². The first-order valence-corrected chi connectivity index (χ1v) is 7.93. The highest BCUT2D eigenvalue weighted by Gasteiger charge is 2.60. The molecule has 4 rings (SSSR count). The predicted octanol–water partition coefficient (Wildman–Crippen LogP) is 3.44. The second-order valence-electron chi connectivity index (χ2n) is 6.13. The highest BCUT2D eigenvalue weighted by atomic mass is 35.5. The number of carbonyl (C=O) groups is 2. The zero-order chi connectivity index (χ0) is 17.9. The molecule has 1 N–H and O–H groups in total. The first-order chi connectivity index (χ1) is 11.9. The minimum absolute atomic E-state index is 0.0333. The summed E-state index contributed by atoms with van der Waals surface area (Å²) in [5, 5.41) is 8.80. The summed E-state index contributed by atoms with van der Waals surface area (Å²) in [4.78, 5) is 28.4. The van der Waals surface area contributed by atoms with Crippen LogP contribution in [0, 0.1) is 23.5 Å². The summed E-state index contributed by atoms with van der Waals surface area (Å²) in [6.45, 7) is 0. The Labute approximate surface area is 145 Å². The highest BCUT2D eigenvalue weighted by Crippen LogP contribution is 2.59. The maximum atomic E-state index is 14.0. The van der Waals surface area contributed by atoms with Crippen LogP contribution >= 0.6 is 11.6 Å². The number of carboxylic acid groups (broad SMARTS) is 1. The summed E-state index contributed by atoms with van der Waals surface area (Å²) in [6, 6.07) is 4.78. The van der Waals surface area contributed by atoms with E-state index >= 15 is 0 Å². The third kappa shape index (κ3) is 2.38. The van der Waals surface area contributed by atoms with Crippen LogP contribution < -0.4 is 4.90 Å². The van der Waals surface area contributed by atoms with Crippen LogP contribution in [0.1, 0.15) is 28.5 Å². The molecule has 1 aliphatic heterocycles. The molecule has 2 fully saturated rings. The van der Waals surface area contributed by atoms with Gasteiger partial charge in [0.15, 0.2) is 11.5 Å². The van der Waals surface area contributed by atoms with E-state index in [9.17, 15) is 18.4 Å². The summed E-state index contributed by atoms with van der Waals surface area (Å²) in [5.41, 5.74) is -0.145. The van der Waals surface area contributed by atoms with Crippen LogP contribution in [0.5, 0.6) is 0 Å². The molecule has 0 spiro atoms. The van der Waals surface area contributed by atoms with Gasteiger partial charge in [0.05, 0.1) is 22.9 Å². The number of hydrogen-bond donors (Lipinski definition) is 1. The Bertz CT molecular complexity index is 921. The van der Waals surface area contributed by atoms with Gasteiger partial charge in [-0.15, -0.1) is 0 Å². The molecule has 0 bridgehead atoms. The Morgan fingerprint density at radius 3 is 2.76 bits per heavy atom. The third-order valence-corrected chi connectivity index (χ3v) is 5.08. The minimum atomic E-state index is -1.50. The number of halogens is 3. The van der Waals surface area contributed by atoms with Crippen molar-refractivity contribution in [2.45, 2.75) is 12.5 Å². The summed E-state index contributed by atoms with van der Waals surface area (Å²) in [7, 11) is 0. The SMILES string of the molecule is O=C(O)c1ncc(N2C(=O)C3CC3C2c2cccc(F)c2Cl)cc1F. The number of rotatable bonds is 3. The molecule has 3 atom stereocenters. The molecule has 5 nitrogen and oxygen atoms in total. The van der Waals surface area contributed by atoms with Gasteiger partial charge in [0.25, 0.3) is 0 Å². The molecule has 2 aromatic rings. The summed E-state index contributed by atoms with van der Waals surface area (Å²) < 4.78 is 27.8. The number of carbonyl (C=O) groups excluding carboxylic acids is 1. The number of anilines is 1. The monoisotopic (exact) mass is 364 g/mol. The third-order valence-electron chi connectivity index (χ3n) is 4.69. The lowest BCUT2D eigenvalue weighted by Crippen LogP contribution is -2.32. The number of hydrogen-bond acceptors (Lipinski definition) is 3. The molecule has 1 aliphatic carbocycles. The molecule has 3 unspecified atom stereocenters. The van der Waals surface area contributed by atoms with Crippen LogP contribution in [0.3, 0.4) is 0 Å². The fraction of sp³-hybridized carbons (Fsp3) is 0.235. The Balaban J connectivity index is 1.80. The number of nitrogens with zero attached hydrogens (tertiary/aromatic N) is 2. The van der Waals surface area contributed by atoms with E-state index in [4.69, 9.17) is 16.7 Å². The van der Waals surface area contributed by atoms with Crippen molar-refractivity contribution >= 4 is 29.2 Å². The van der Waals surface area contributed by atoms with E-state index in [0.717, 1.165) is 12.3 Å². The Kier molecular flexibility index (Phi) is 3.50. The molecular formula is C17H11ClF2N2O3. The van der Waals surface area contributed by atoms with Crippen molar-refractivity contribution in [2.75, 3.05) is 4.90 Å². The zero-order valence-corrected chi connectivity index (χ0v) is 13.4. The Morgan fingerprint density at radius 1 is 1.32 bits per heavy atom. The number of pyridine rings is 1. The van der Waals surface area contributed by atoms with Crippen molar-refractivity contribution in [3.63, 3.8) is 0 Å². The van der Waals surface area contributed by atoms with Gasteiger partial charge in [0, 0.05) is 12.0 Å². The number of aromatic carboxylic acids is 1. The van der Waals surface area contributed by atoms with Crippen molar-refractivity contribution < 1.29 is 23.5 Å². The Morgan fingerprint density at radius 2 is 2.08 bits per heavy atom. The lowest BCUT2D eigenvalue weighted by Gasteiger charge is -2.28. The number of piperidine rings is 1. The molecule has 128 valence electrons. The molecule has 1 saturated heterocycles. The van der Waals surface area contributed by atoms with E-state index in [2.05, 4.69) is 4.98 Å². The molecule has 1 aromatic carbocycles. The maximum Gasteiger partial charge on any atom is 0.357 e. The van der Waals surface area contributed by atoms with Crippen LogP contribution in [0.15, 0.2) is 30.5 Å². The summed E-state index contributed by atoms with van der Waals surface area (Å²) in [6.07, 6.45) is 1.80. The standard InChI is InChI=1S/C17H11ClF2N2O3/c18-13-8(2-1-3-11(13)19)15-9-5-10(9)16(23)22(15)7-4-12(20)14(17(24)25)21-6-7/h1-4,6,9-10,15H,5H2,(H,24,25). The van der Waals surface area contributed by atoms with E-state index in [-0.39, 0.29) is 28.5 Å². The van der Waals surface area contributed by atoms with Gasteiger partial charge < -0.3 is 10.0 Å². The molecule has 1 amide bonds. The zero-order valence-electron chi connectivity index (χ0n) is 12.6. The molecule has 2 heterocycles. The average Bonchev–Trinajstić information content (AvgIpc) is 3.30. The van der Waals surface area contributed by atoms with Crippen molar-refractivity contribution in [1.29, 1.82) is 0 Å². The van der Waals surface area contributed by atoms with Crippen LogP contribution in [0.25, 0.3) is 0 Å². The summed E-state index contributed by atoms with van der Waals surface area (Å²) >= 11 is 6.08.